The first-order chi connectivity index (χ1) is 12.7. The normalized spacial score (nSPS) is 11.6. The molecule has 2 aromatic carbocycles. The fraction of sp³-hybridized carbons (Fsp3) is 0.286. The minimum absolute atomic E-state index is 0. The zero-order chi connectivity index (χ0) is 18.4. The summed E-state index contributed by atoms with van der Waals surface area (Å²) in [6.45, 7) is 7.44. The third-order valence-electron chi connectivity index (χ3n) is 4.32. The maximum absolute atomic E-state index is 13.7. The Morgan fingerprint density at radius 2 is 1.78 bits per heavy atom. The molecule has 0 fully saturated rings. The lowest BCUT2D eigenvalue weighted by molar-refractivity contribution is 0.106. The van der Waals surface area contributed by atoms with Crippen LogP contribution in [0.4, 0.5) is 4.39 Å². The fourth-order valence-electron chi connectivity index (χ4n) is 2.79. The third kappa shape index (κ3) is 5.31. The smallest absolute Gasteiger partial charge is 0.137 e. The lowest BCUT2D eigenvalue weighted by atomic mass is 10.1. The minimum Gasteiger partial charge on any atom is -0.456 e. The standard InChI is InChI=1S/C21H23FN2O2.ClH/c1-3-24(4-2)12-13-25-23-19-15-21(16-8-6-5-7-9-16)26-20-11-10-17(22)14-18(19)20;/h5-11,14-15H,3-4,12-13H2,1-2H3;1H/b23-19+;. The largest absolute Gasteiger partial charge is 0.456 e. The predicted molar refractivity (Wildman–Crippen MR) is 108 cm³/mol. The summed E-state index contributed by atoms with van der Waals surface area (Å²) in [5.41, 5.74) is 1.50. The predicted octanol–water partition coefficient (Wildman–Crippen LogP) is 4.83. The van der Waals surface area contributed by atoms with E-state index in [0.717, 1.165) is 25.2 Å². The van der Waals surface area contributed by atoms with Crippen LogP contribution in [0.2, 0.25) is 0 Å². The molecule has 3 rings (SSSR count). The average molecular weight is 391 g/mol. The van der Waals surface area contributed by atoms with Gasteiger partial charge in [0.25, 0.3) is 0 Å². The molecule has 3 aromatic rings. The number of benzene rings is 2. The van der Waals surface area contributed by atoms with Gasteiger partial charge in [-0.25, -0.2) is 4.39 Å². The molecule has 1 aromatic heterocycles. The summed E-state index contributed by atoms with van der Waals surface area (Å²) < 4.78 is 19.6. The molecule has 1 heterocycles. The van der Waals surface area contributed by atoms with Gasteiger partial charge in [0.15, 0.2) is 0 Å². The van der Waals surface area contributed by atoms with Crippen molar-refractivity contribution in [1.29, 1.82) is 0 Å². The summed E-state index contributed by atoms with van der Waals surface area (Å²) in [6.07, 6.45) is 0. The van der Waals surface area contributed by atoms with E-state index in [1.807, 2.05) is 30.3 Å². The van der Waals surface area contributed by atoms with Gasteiger partial charge in [-0.15, -0.1) is 12.4 Å². The maximum atomic E-state index is 13.7. The first kappa shape index (κ1) is 20.9. The van der Waals surface area contributed by atoms with Gasteiger partial charge in [-0.2, -0.15) is 0 Å². The number of rotatable bonds is 7. The van der Waals surface area contributed by atoms with Gasteiger partial charge >= 0.3 is 0 Å². The molecule has 4 nitrogen and oxygen atoms in total. The fourth-order valence-corrected chi connectivity index (χ4v) is 2.79. The first-order valence-electron chi connectivity index (χ1n) is 8.88. The van der Waals surface area contributed by atoms with Crippen LogP contribution in [0.5, 0.6) is 0 Å². The average Bonchev–Trinajstić information content (AvgIpc) is 2.68. The summed E-state index contributed by atoms with van der Waals surface area (Å²) in [6, 6.07) is 15.9. The SMILES string of the molecule is CCN(CC)CCO/N=c1\cc(-c2ccccc2)oc2ccc(F)cc12.Cl. The highest BCUT2D eigenvalue weighted by molar-refractivity contribution is 5.85. The van der Waals surface area contributed by atoms with Gasteiger partial charge in [0, 0.05) is 23.6 Å². The van der Waals surface area contributed by atoms with Crippen molar-refractivity contribution in [3.05, 3.63) is 65.8 Å². The summed E-state index contributed by atoms with van der Waals surface area (Å²) in [4.78, 5) is 7.76. The van der Waals surface area contributed by atoms with E-state index in [-0.39, 0.29) is 18.2 Å². The molecule has 0 saturated carbocycles. The van der Waals surface area contributed by atoms with E-state index < -0.39 is 0 Å². The van der Waals surface area contributed by atoms with Crippen LogP contribution in [0.25, 0.3) is 22.3 Å². The van der Waals surface area contributed by atoms with Gasteiger partial charge in [-0.3, -0.25) is 0 Å². The molecule has 0 N–H and O–H groups in total. The molecule has 0 spiro atoms. The van der Waals surface area contributed by atoms with E-state index in [1.165, 1.54) is 12.1 Å². The zero-order valence-corrected chi connectivity index (χ0v) is 16.3. The van der Waals surface area contributed by atoms with E-state index in [1.54, 1.807) is 12.1 Å². The van der Waals surface area contributed by atoms with Crippen molar-refractivity contribution >= 4 is 23.4 Å². The van der Waals surface area contributed by atoms with Crippen LogP contribution >= 0.6 is 12.4 Å². The van der Waals surface area contributed by atoms with Crippen molar-refractivity contribution < 1.29 is 13.6 Å². The van der Waals surface area contributed by atoms with Crippen molar-refractivity contribution in [2.75, 3.05) is 26.2 Å². The molecule has 0 unspecified atom stereocenters. The first-order valence-corrected chi connectivity index (χ1v) is 8.88. The van der Waals surface area contributed by atoms with Gasteiger partial charge in [0.05, 0.1) is 0 Å². The van der Waals surface area contributed by atoms with Crippen LogP contribution < -0.4 is 5.36 Å². The second kappa shape index (κ2) is 10.1. The number of nitrogens with zero attached hydrogens (tertiary/aromatic N) is 2. The lowest BCUT2D eigenvalue weighted by Gasteiger charge is -2.16. The van der Waals surface area contributed by atoms with Crippen LogP contribution in [-0.4, -0.2) is 31.1 Å². The Balaban J connectivity index is 0.00000261. The minimum atomic E-state index is -0.334. The summed E-state index contributed by atoms with van der Waals surface area (Å²) in [5, 5.41) is 5.40. The van der Waals surface area contributed by atoms with Gasteiger partial charge in [-0.1, -0.05) is 49.3 Å². The molecule has 0 aliphatic carbocycles. The Labute approximate surface area is 164 Å². The van der Waals surface area contributed by atoms with Crippen molar-refractivity contribution in [3.63, 3.8) is 0 Å². The molecule has 6 heteroatoms. The Bertz CT molecular complexity index is 924. The van der Waals surface area contributed by atoms with Gasteiger partial charge in [0.2, 0.25) is 0 Å². The topological polar surface area (TPSA) is 38.0 Å². The number of fused-ring (bicyclic) bond motifs is 1. The highest BCUT2D eigenvalue weighted by atomic mass is 35.5. The Kier molecular flexibility index (Phi) is 7.82. The van der Waals surface area contributed by atoms with Gasteiger partial charge in [-0.05, 0) is 31.3 Å². The van der Waals surface area contributed by atoms with Crippen LogP contribution in [0.3, 0.4) is 0 Å². The van der Waals surface area contributed by atoms with E-state index in [2.05, 4.69) is 23.9 Å². The lowest BCUT2D eigenvalue weighted by Crippen LogP contribution is -2.26. The van der Waals surface area contributed by atoms with Crippen LogP contribution in [0, 0.1) is 5.82 Å². The van der Waals surface area contributed by atoms with Crippen LogP contribution in [0.15, 0.2) is 64.2 Å². The number of hydrogen-bond donors (Lipinski definition) is 0. The molecule has 0 bridgehead atoms. The van der Waals surface area contributed by atoms with E-state index in [0.29, 0.717) is 28.7 Å². The van der Waals surface area contributed by atoms with Crippen LogP contribution in [-0.2, 0) is 4.84 Å². The third-order valence-corrected chi connectivity index (χ3v) is 4.32. The molecule has 0 aliphatic rings. The molecule has 27 heavy (non-hydrogen) atoms. The summed E-state index contributed by atoms with van der Waals surface area (Å²) in [5.74, 6) is 0.329. The van der Waals surface area contributed by atoms with Gasteiger partial charge in [0.1, 0.15) is 29.1 Å². The van der Waals surface area contributed by atoms with Crippen molar-refractivity contribution in [2.24, 2.45) is 5.16 Å². The number of halogens is 2. The molecule has 0 aliphatic heterocycles. The van der Waals surface area contributed by atoms with Gasteiger partial charge < -0.3 is 14.2 Å². The monoisotopic (exact) mass is 390 g/mol. The molecule has 0 saturated heterocycles. The Hall–Kier alpha value is -2.37. The van der Waals surface area contributed by atoms with Crippen molar-refractivity contribution in [2.45, 2.75) is 13.8 Å². The summed E-state index contributed by atoms with van der Waals surface area (Å²) >= 11 is 0. The second-order valence-corrected chi connectivity index (χ2v) is 5.95. The van der Waals surface area contributed by atoms with E-state index in [9.17, 15) is 4.39 Å². The zero-order valence-electron chi connectivity index (χ0n) is 15.5. The summed E-state index contributed by atoms with van der Waals surface area (Å²) in [7, 11) is 0. The quantitative estimate of drug-likeness (QED) is 0.428. The second-order valence-electron chi connectivity index (χ2n) is 5.95. The number of hydrogen-bond acceptors (Lipinski definition) is 4. The highest BCUT2D eigenvalue weighted by Gasteiger charge is 2.07. The molecular weight excluding hydrogens is 367 g/mol. The Morgan fingerprint density at radius 1 is 1.04 bits per heavy atom. The van der Waals surface area contributed by atoms with Crippen molar-refractivity contribution in [3.8, 4) is 11.3 Å². The van der Waals surface area contributed by atoms with E-state index in [4.69, 9.17) is 9.25 Å². The highest BCUT2D eigenvalue weighted by Crippen LogP contribution is 2.22. The molecule has 0 amide bonds. The molecule has 0 radical (unpaired) electrons. The molecular formula is C21H24ClFN2O2. The molecule has 0 atom stereocenters. The Morgan fingerprint density at radius 3 is 2.48 bits per heavy atom. The number of likely N-dealkylation sites (N-methyl/N-ethyl adjacent to an activating group) is 1. The van der Waals surface area contributed by atoms with Crippen LogP contribution in [0.1, 0.15) is 13.8 Å². The van der Waals surface area contributed by atoms with Crippen molar-refractivity contribution in [1.82, 2.24) is 4.90 Å². The maximum Gasteiger partial charge on any atom is 0.137 e. The van der Waals surface area contributed by atoms with E-state index >= 15 is 0 Å². The molecule has 144 valence electrons.